The summed E-state index contributed by atoms with van der Waals surface area (Å²) in [5, 5.41) is 18.1. The number of fused-ring (bicyclic) bond motifs is 9. The summed E-state index contributed by atoms with van der Waals surface area (Å²) >= 11 is 0. The summed E-state index contributed by atoms with van der Waals surface area (Å²) in [6, 6.07) is 71.4. The van der Waals surface area contributed by atoms with E-state index in [1.807, 2.05) is 36.4 Å². The molecule has 3 heterocycles. The molecule has 0 aliphatic rings. The van der Waals surface area contributed by atoms with Gasteiger partial charge in [0.15, 0.2) is 0 Å². The van der Waals surface area contributed by atoms with Gasteiger partial charge in [0.05, 0.1) is 38.8 Å². The van der Waals surface area contributed by atoms with Crippen molar-refractivity contribution in [3.63, 3.8) is 0 Å². The predicted molar refractivity (Wildman–Crippen MR) is 276 cm³/mol. The molecule has 0 saturated heterocycles. The van der Waals surface area contributed by atoms with Crippen LogP contribution in [0.1, 0.15) is 18.1 Å². The second-order valence-electron chi connectivity index (χ2n) is 16.9. The van der Waals surface area contributed by atoms with Crippen molar-refractivity contribution in [3.05, 3.63) is 236 Å². The Balaban J connectivity index is 1.20. The number of allylic oxidation sites excluding steroid dienone is 5. The van der Waals surface area contributed by atoms with Crippen molar-refractivity contribution in [2.45, 2.75) is 6.92 Å². The fourth-order valence-corrected chi connectivity index (χ4v) is 9.96. The van der Waals surface area contributed by atoms with Crippen LogP contribution >= 0.6 is 0 Å². The maximum atomic E-state index is 11.8. The molecule has 0 unspecified atom stereocenters. The lowest BCUT2D eigenvalue weighted by molar-refractivity contribution is 0.668. The van der Waals surface area contributed by atoms with Crippen molar-refractivity contribution in [3.8, 4) is 50.8 Å². The van der Waals surface area contributed by atoms with Crippen LogP contribution in [0.2, 0.25) is 0 Å². The summed E-state index contributed by atoms with van der Waals surface area (Å²) in [6.45, 7) is 5.98. The minimum absolute atomic E-state index is 0.549. The Kier molecular flexibility index (Phi) is 9.22. The van der Waals surface area contributed by atoms with Crippen molar-refractivity contribution in [1.82, 2.24) is 9.13 Å². The Morgan fingerprint density at radius 1 is 0.485 bits per heavy atom. The molecule has 12 aromatic rings. The number of benzene rings is 9. The zero-order valence-electron chi connectivity index (χ0n) is 36.2. The van der Waals surface area contributed by atoms with Crippen molar-refractivity contribution in [2.75, 3.05) is 0 Å². The third-order valence-corrected chi connectivity index (χ3v) is 13.1. The van der Waals surface area contributed by atoms with Crippen LogP contribution in [0.15, 0.2) is 229 Å². The number of rotatable bonds is 8. The van der Waals surface area contributed by atoms with Gasteiger partial charge in [-0.3, -0.25) is 0 Å². The first kappa shape index (κ1) is 38.7. The van der Waals surface area contributed by atoms with E-state index >= 15 is 0 Å². The lowest BCUT2D eigenvalue weighted by atomic mass is 10.0. The van der Waals surface area contributed by atoms with Crippen molar-refractivity contribution >= 4 is 71.1 Å². The third kappa shape index (κ3) is 6.21. The number of aromatic nitrogens is 2. The molecule has 0 amide bonds. The predicted octanol–water partition coefficient (Wildman–Crippen LogP) is 16.8. The molecule has 3 aromatic heterocycles. The minimum Gasteiger partial charge on any atom is -0.456 e. The van der Waals surface area contributed by atoms with E-state index in [4.69, 9.17) is 4.42 Å². The smallest absolute Gasteiger partial charge is 0.139 e. The highest BCUT2D eigenvalue weighted by atomic mass is 16.3. The van der Waals surface area contributed by atoms with Gasteiger partial charge in [-0.1, -0.05) is 164 Å². The third-order valence-electron chi connectivity index (χ3n) is 13.1. The fraction of sp³-hybridized carbons (Fsp3) is 0.0161. The molecule has 310 valence electrons. The highest BCUT2D eigenvalue weighted by Crippen LogP contribution is 2.46. The topological polar surface area (TPSA) is 46.8 Å². The van der Waals surface area contributed by atoms with Crippen LogP contribution in [0.5, 0.6) is 0 Å². The molecule has 0 fully saturated rings. The molecule has 4 heteroatoms. The Morgan fingerprint density at radius 3 is 1.50 bits per heavy atom. The highest BCUT2D eigenvalue weighted by molar-refractivity contribution is 6.18. The number of hydrogen-bond acceptors (Lipinski definition) is 2. The van der Waals surface area contributed by atoms with Gasteiger partial charge in [-0.05, 0) is 106 Å². The highest BCUT2D eigenvalue weighted by Gasteiger charge is 2.27. The molecular formula is C62H41N3O. The van der Waals surface area contributed by atoms with Gasteiger partial charge in [0.2, 0.25) is 0 Å². The molecule has 0 aliphatic carbocycles. The molecule has 0 radical (unpaired) electrons. The number of nitrogens with zero attached hydrogens (tertiary/aromatic N) is 3. The Hall–Kier alpha value is -8.91. The number of furan rings is 1. The lowest BCUT2D eigenvalue weighted by Crippen LogP contribution is -2.05. The molecule has 12 rings (SSSR count). The largest absolute Gasteiger partial charge is 0.456 e. The molecule has 0 N–H and O–H groups in total. The van der Waals surface area contributed by atoms with E-state index in [9.17, 15) is 5.26 Å². The van der Waals surface area contributed by atoms with Crippen LogP contribution in [0.25, 0.3) is 116 Å². The molecule has 9 aromatic carbocycles. The monoisotopic (exact) mass is 843 g/mol. The fourth-order valence-electron chi connectivity index (χ4n) is 9.96. The van der Waals surface area contributed by atoms with E-state index in [-0.39, 0.29) is 0 Å². The summed E-state index contributed by atoms with van der Waals surface area (Å²) in [4.78, 5) is 0. The van der Waals surface area contributed by atoms with Gasteiger partial charge in [0.25, 0.3) is 0 Å². The van der Waals surface area contributed by atoms with Crippen LogP contribution in [-0.4, -0.2) is 9.13 Å². The van der Waals surface area contributed by atoms with Gasteiger partial charge in [-0.25, -0.2) is 0 Å². The van der Waals surface area contributed by atoms with E-state index in [0.717, 1.165) is 116 Å². The molecular weight excluding hydrogens is 803 g/mol. The quantitative estimate of drug-likeness (QED) is 0.143. The van der Waals surface area contributed by atoms with Crippen LogP contribution in [0.3, 0.4) is 0 Å². The van der Waals surface area contributed by atoms with E-state index in [2.05, 4.69) is 205 Å². The van der Waals surface area contributed by atoms with Gasteiger partial charge in [0, 0.05) is 33.0 Å². The first-order chi connectivity index (χ1) is 32.6. The van der Waals surface area contributed by atoms with Crippen LogP contribution < -0.4 is 0 Å². The average Bonchev–Trinajstić information content (AvgIpc) is 4.03. The van der Waals surface area contributed by atoms with E-state index in [0.29, 0.717) is 11.1 Å². The first-order valence-corrected chi connectivity index (χ1v) is 22.3. The zero-order valence-corrected chi connectivity index (χ0v) is 36.2. The summed E-state index contributed by atoms with van der Waals surface area (Å²) in [5.41, 5.74) is 16.6. The normalized spacial score (nSPS) is 12.1. The molecule has 0 aliphatic heterocycles. The van der Waals surface area contributed by atoms with Crippen molar-refractivity contribution in [2.24, 2.45) is 0 Å². The maximum absolute atomic E-state index is 11.8. The molecule has 0 bridgehead atoms. The molecule has 4 nitrogen and oxygen atoms in total. The van der Waals surface area contributed by atoms with E-state index in [1.54, 1.807) is 6.08 Å². The summed E-state index contributed by atoms with van der Waals surface area (Å²) in [6.07, 6.45) is 7.86. The molecule has 66 heavy (non-hydrogen) atoms. The van der Waals surface area contributed by atoms with Crippen LogP contribution in [0.4, 0.5) is 0 Å². The van der Waals surface area contributed by atoms with Crippen LogP contribution in [0, 0.1) is 11.3 Å². The first-order valence-electron chi connectivity index (χ1n) is 22.3. The Bertz CT molecular complexity index is 3910. The van der Waals surface area contributed by atoms with Crippen molar-refractivity contribution in [1.29, 1.82) is 5.26 Å². The summed E-state index contributed by atoms with van der Waals surface area (Å²) < 4.78 is 11.4. The van der Waals surface area contributed by atoms with Gasteiger partial charge >= 0.3 is 0 Å². The lowest BCUT2D eigenvalue weighted by Gasteiger charge is -2.17. The van der Waals surface area contributed by atoms with Gasteiger partial charge in [-0.2, -0.15) is 5.26 Å². The SMILES string of the molecule is C=C/C=C\C=C(/C)c1ccc2c(c1)c1cc(-c3ccccc3)ccc1n2-c1cc2oc3ccccc3c2c(-n2c3ccc(-c4ccccc4)cc3c3cc(-c4ccccc4)ccc32)c1C#N. The molecule has 0 spiro atoms. The number of hydrogen-bond donors (Lipinski definition) is 0. The van der Waals surface area contributed by atoms with Gasteiger partial charge in [-0.15, -0.1) is 0 Å². The summed E-state index contributed by atoms with van der Waals surface area (Å²) in [5.74, 6) is 0. The van der Waals surface area contributed by atoms with E-state index in [1.165, 1.54) is 0 Å². The zero-order chi connectivity index (χ0) is 44.3. The Labute approximate surface area is 382 Å². The Morgan fingerprint density at radius 2 is 0.970 bits per heavy atom. The van der Waals surface area contributed by atoms with Gasteiger partial charge < -0.3 is 13.6 Å². The van der Waals surface area contributed by atoms with E-state index < -0.39 is 0 Å². The van der Waals surface area contributed by atoms with Crippen LogP contribution in [-0.2, 0) is 0 Å². The molecule has 0 saturated carbocycles. The standard InChI is InChI=1S/C62H41N3O/c1-3-4-8-17-40(2)44-26-30-54-49(34-44)50-35-45(41-18-9-5-10-19-41)27-31-55(50)64(54)58-38-60-61(48-24-15-16-25-59(48)66-60)62(53(58)39-63)65-56-32-28-46(42-20-11-6-12-21-42)36-51(56)52-37-47(29-33-57(52)65)43-22-13-7-14-23-43/h3-38H,1H2,2H3/b8-4-,40-17+. The van der Waals surface area contributed by atoms with Gasteiger partial charge in [0.1, 0.15) is 22.8 Å². The summed E-state index contributed by atoms with van der Waals surface area (Å²) in [7, 11) is 0. The number of para-hydroxylation sites is 1. The molecule has 0 atom stereocenters. The second-order valence-corrected chi connectivity index (χ2v) is 16.9. The average molecular weight is 844 g/mol. The minimum atomic E-state index is 0.549. The van der Waals surface area contributed by atoms with Crippen molar-refractivity contribution < 1.29 is 4.42 Å². The number of nitriles is 1. The maximum Gasteiger partial charge on any atom is 0.139 e. The second kappa shape index (κ2) is 15.7.